The van der Waals surface area contributed by atoms with Gasteiger partial charge in [0.1, 0.15) is 29.1 Å². The molecule has 3 fully saturated rings. The van der Waals surface area contributed by atoms with Gasteiger partial charge in [-0.15, -0.1) is 4.58 Å². The minimum atomic E-state index is -2.61. The lowest BCUT2D eigenvalue weighted by Gasteiger charge is -2.32. The van der Waals surface area contributed by atoms with E-state index < -0.39 is 5.92 Å². The van der Waals surface area contributed by atoms with E-state index in [1.54, 1.807) is 0 Å². The summed E-state index contributed by atoms with van der Waals surface area (Å²) < 4.78 is 29.7. The van der Waals surface area contributed by atoms with Crippen molar-refractivity contribution in [3.63, 3.8) is 0 Å². The molecular weight excluding hydrogens is 630 g/mol. The number of nitrogens with zero attached hydrogens (tertiary/aromatic N) is 3. The second-order valence-electron chi connectivity index (χ2n) is 15.6. The van der Waals surface area contributed by atoms with Crippen LogP contribution < -0.4 is 5.32 Å². The van der Waals surface area contributed by atoms with Gasteiger partial charge in [0.05, 0.1) is 6.04 Å². The molecule has 6 nitrogen and oxygen atoms in total. The van der Waals surface area contributed by atoms with Gasteiger partial charge in [-0.2, -0.15) is 0 Å². The quantitative estimate of drug-likeness (QED) is 0.149. The summed E-state index contributed by atoms with van der Waals surface area (Å²) >= 11 is 0. The SMILES string of the molecule is CC1=CC(CCC2=NC(CCc3ccc(CCC(=O)CCC4CCCC(C(=O)CC5CCCC(F)(F)C5)C4)cc3)=C=[N+]3C=CC=C23)=NC2NC12. The number of nitrogens with one attached hydrogen (secondary N) is 1. The predicted molar refractivity (Wildman–Crippen MR) is 194 cm³/mol. The average Bonchev–Trinajstić information content (AvgIpc) is 3.74. The van der Waals surface area contributed by atoms with Gasteiger partial charge in [0, 0.05) is 68.7 Å². The average molecular weight is 682 g/mol. The Morgan fingerprint density at radius 1 is 0.980 bits per heavy atom. The number of halogens is 2. The van der Waals surface area contributed by atoms with E-state index in [1.807, 2.05) is 12.3 Å². The number of aryl methyl sites for hydroxylation is 2. The minimum absolute atomic E-state index is 0.0162. The van der Waals surface area contributed by atoms with Gasteiger partial charge in [-0.25, -0.2) is 13.8 Å². The van der Waals surface area contributed by atoms with Crippen LogP contribution in [0, 0.1) is 17.8 Å². The molecule has 1 aromatic carbocycles. The zero-order valence-corrected chi connectivity index (χ0v) is 29.4. The monoisotopic (exact) mass is 681 g/mol. The summed E-state index contributed by atoms with van der Waals surface area (Å²) in [5.41, 5.74) is 8.07. The number of allylic oxidation sites excluding steroid dienone is 5. The molecule has 2 saturated carbocycles. The van der Waals surface area contributed by atoms with E-state index in [-0.39, 0.29) is 42.4 Å². The lowest BCUT2D eigenvalue weighted by Crippen LogP contribution is -2.30. The maximum atomic E-state index is 13.8. The van der Waals surface area contributed by atoms with Crippen LogP contribution in [0.15, 0.2) is 75.6 Å². The largest absolute Gasteiger partial charge is 0.300 e. The van der Waals surface area contributed by atoms with Crippen LogP contribution in [-0.4, -0.2) is 51.6 Å². The van der Waals surface area contributed by atoms with E-state index >= 15 is 0 Å². The lowest BCUT2D eigenvalue weighted by molar-refractivity contribution is -0.379. The molecule has 5 unspecified atom stereocenters. The van der Waals surface area contributed by atoms with Crippen LogP contribution in [0.25, 0.3) is 0 Å². The zero-order chi connectivity index (χ0) is 34.7. The van der Waals surface area contributed by atoms with Gasteiger partial charge in [-0.05, 0) is 87.3 Å². The van der Waals surface area contributed by atoms with Gasteiger partial charge in [-0.3, -0.25) is 19.9 Å². The third-order valence-corrected chi connectivity index (χ3v) is 11.6. The van der Waals surface area contributed by atoms with Crippen molar-refractivity contribution in [2.45, 2.75) is 134 Å². The second kappa shape index (κ2) is 15.3. The number of Topliss-reactive ketones (excluding diaryl/α,β-unsaturated/α-hetero) is 2. The second-order valence-corrected chi connectivity index (χ2v) is 15.6. The van der Waals surface area contributed by atoms with E-state index in [9.17, 15) is 18.4 Å². The van der Waals surface area contributed by atoms with Crippen LogP contribution in [0.3, 0.4) is 0 Å². The van der Waals surface area contributed by atoms with Gasteiger partial charge in [0.25, 0.3) is 0 Å². The summed E-state index contributed by atoms with van der Waals surface area (Å²) in [6.45, 7) is 2.17. The minimum Gasteiger partial charge on any atom is -0.300 e. The molecule has 7 rings (SSSR count). The summed E-state index contributed by atoms with van der Waals surface area (Å²) in [5.74, 6) is 1.49. The molecule has 1 N–H and O–H groups in total. The van der Waals surface area contributed by atoms with Crippen molar-refractivity contribution < 1.29 is 22.9 Å². The summed E-state index contributed by atoms with van der Waals surface area (Å²) in [7, 11) is 0. The van der Waals surface area contributed by atoms with Crippen molar-refractivity contribution in [3.8, 4) is 0 Å². The van der Waals surface area contributed by atoms with E-state index in [0.29, 0.717) is 37.6 Å². The number of aliphatic imine (C=N–C) groups is 2. The van der Waals surface area contributed by atoms with Crippen molar-refractivity contribution >= 4 is 28.9 Å². The van der Waals surface area contributed by atoms with E-state index in [4.69, 9.17) is 9.98 Å². The van der Waals surface area contributed by atoms with Crippen molar-refractivity contribution in [3.05, 3.63) is 76.8 Å². The smallest absolute Gasteiger partial charge is 0.248 e. The number of dihydropyridines is 1. The van der Waals surface area contributed by atoms with Crippen LogP contribution in [-0.2, 0) is 22.4 Å². The van der Waals surface area contributed by atoms with E-state index in [2.05, 4.69) is 59.1 Å². The number of carbonyl (C=O) groups is 2. The maximum absolute atomic E-state index is 13.8. The maximum Gasteiger partial charge on any atom is 0.248 e. The van der Waals surface area contributed by atoms with Crippen LogP contribution in [0.1, 0.15) is 114 Å². The van der Waals surface area contributed by atoms with Gasteiger partial charge in [0.2, 0.25) is 17.5 Å². The number of benzene rings is 1. The number of ketones is 2. The molecule has 0 spiro atoms. The fourth-order valence-corrected chi connectivity index (χ4v) is 8.62. The first-order chi connectivity index (χ1) is 24.2. The molecular formula is C42H51F2N4O2+. The molecule has 0 aromatic heterocycles. The van der Waals surface area contributed by atoms with Crippen LogP contribution >= 0.6 is 0 Å². The molecule has 6 aliphatic rings. The Morgan fingerprint density at radius 2 is 1.78 bits per heavy atom. The third-order valence-electron chi connectivity index (χ3n) is 11.6. The van der Waals surface area contributed by atoms with Crippen molar-refractivity contribution in [1.82, 2.24) is 5.32 Å². The van der Waals surface area contributed by atoms with Crippen LogP contribution in [0.5, 0.6) is 0 Å². The van der Waals surface area contributed by atoms with Gasteiger partial charge in [0.15, 0.2) is 6.20 Å². The number of fused-ring (bicyclic) bond motifs is 2. The highest BCUT2D eigenvalue weighted by Gasteiger charge is 2.40. The van der Waals surface area contributed by atoms with Gasteiger partial charge < -0.3 is 0 Å². The standard InChI is InChI=1S/C42H51F2N4O2/c1-28-23-34(46-41-40(28)47-41)17-20-37-38-8-4-22-48(38)27-35(45-37)16-13-29-9-11-30(12-10-29)14-18-36(49)19-15-31-5-2-7-33(24-31)39(50)25-32-6-3-21-42(43,44)26-32/h4,8-12,22-23,31-33,40-41,47H,2-3,5-7,13-21,24-26H2,1H3/q+1. The third kappa shape index (κ3) is 8.99. The first-order valence-electron chi connectivity index (χ1n) is 19.1. The fourth-order valence-electron chi connectivity index (χ4n) is 8.62. The lowest BCUT2D eigenvalue weighted by atomic mass is 9.74. The molecule has 5 atom stereocenters. The molecule has 0 bridgehead atoms. The molecule has 8 heteroatoms. The Balaban J connectivity index is 0.829. The fraction of sp³-hybridized carbons (Fsp3) is 0.571. The molecule has 0 amide bonds. The van der Waals surface area contributed by atoms with Gasteiger partial charge >= 0.3 is 0 Å². The Hall–Kier alpha value is -3.61. The Bertz CT molecular complexity index is 1710. The molecule has 2 aliphatic carbocycles. The molecule has 50 heavy (non-hydrogen) atoms. The Labute approximate surface area is 295 Å². The predicted octanol–water partition coefficient (Wildman–Crippen LogP) is 8.40. The number of hydrogen-bond donors (Lipinski definition) is 1. The van der Waals surface area contributed by atoms with Crippen molar-refractivity contribution in [2.75, 3.05) is 0 Å². The Morgan fingerprint density at radius 3 is 2.58 bits per heavy atom. The number of rotatable bonds is 15. The molecule has 4 heterocycles. The highest BCUT2D eigenvalue weighted by Crippen LogP contribution is 2.40. The van der Waals surface area contributed by atoms with Crippen LogP contribution in [0.4, 0.5) is 8.78 Å². The van der Waals surface area contributed by atoms with E-state index in [0.717, 1.165) is 93.4 Å². The van der Waals surface area contributed by atoms with Gasteiger partial charge in [-0.1, -0.05) is 42.7 Å². The van der Waals surface area contributed by atoms with Crippen molar-refractivity contribution in [1.29, 1.82) is 0 Å². The highest BCUT2D eigenvalue weighted by atomic mass is 19.3. The first kappa shape index (κ1) is 34.8. The molecule has 1 saturated heterocycles. The Kier molecular flexibility index (Phi) is 10.7. The summed E-state index contributed by atoms with van der Waals surface area (Å²) in [6, 6.07) is 9.05. The molecule has 264 valence electrons. The topological polar surface area (TPSA) is 83.8 Å². The number of hydrogen-bond acceptors (Lipinski definition) is 5. The zero-order valence-electron chi connectivity index (χ0n) is 29.4. The first-order valence-corrected chi connectivity index (χ1v) is 19.1. The van der Waals surface area contributed by atoms with E-state index in [1.165, 1.54) is 16.7 Å². The number of alkyl halides is 2. The summed E-state index contributed by atoms with van der Waals surface area (Å²) in [4.78, 5) is 35.7. The van der Waals surface area contributed by atoms with Crippen LogP contribution in [0.2, 0.25) is 0 Å². The molecule has 1 aromatic rings. The molecule has 4 aliphatic heterocycles. The summed E-state index contributed by atoms with van der Waals surface area (Å²) in [5, 5.41) is 3.40. The summed E-state index contributed by atoms with van der Waals surface area (Å²) in [6.07, 6.45) is 19.8. The number of carbonyl (C=O) groups excluding carboxylic acids is 2. The normalized spacial score (nSPS) is 27.9. The highest BCUT2D eigenvalue weighted by molar-refractivity contribution is 6.05. The molecule has 0 radical (unpaired) electrons. The van der Waals surface area contributed by atoms with Crippen molar-refractivity contribution in [2.24, 2.45) is 27.7 Å².